The van der Waals surface area contributed by atoms with Gasteiger partial charge in [-0.15, -0.1) is 11.3 Å². The van der Waals surface area contributed by atoms with Crippen LogP contribution >= 0.6 is 11.3 Å². The molecule has 1 aromatic heterocycles. The van der Waals surface area contributed by atoms with Crippen molar-refractivity contribution in [1.82, 2.24) is 9.21 Å². The highest BCUT2D eigenvalue weighted by molar-refractivity contribution is 7.89. The Morgan fingerprint density at radius 3 is 2.26 bits per heavy atom. The molecule has 4 rings (SSSR count). The van der Waals surface area contributed by atoms with Gasteiger partial charge < -0.3 is 4.90 Å². The predicted molar refractivity (Wildman–Crippen MR) is 107 cm³/mol. The molecular weight excluding hydrogens is 456 g/mol. The van der Waals surface area contributed by atoms with Gasteiger partial charge in [-0.1, -0.05) is 6.07 Å². The number of hydrogen-bond donors (Lipinski definition) is 0. The van der Waals surface area contributed by atoms with Gasteiger partial charge in [0, 0.05) is 36.3 Å². The summed E-state index contributed by atoms with van der Waals surface area (Å²) in [6.45, 7) is 1.39. The van der Waals surface area contributed by atoms with Gasteiger partial charge in [0.05, 0.1) is 4.88 Å². The van der Waals surface area contributed by atoms with Gasteiger partial charge in [0.15, 0.2) is 17.5 Å². The summed E-state index contributed by atoms with van der Waals surface area (Å²) in [7, 11) is -4.41. The van der Waals surface area contributed by atoms with Crippen molar-refractivity contribution >= 4 is 37.4 Å². The van der Waals surface area contributed by atoms with Crippen LogP contribution in [0.2, 0.25) is 0 Å². The molecule has 1 aliphatic rings. The Kier molecular flexibility index (Phi) is 5.52. The number of hydrogen-bond acceptors (Lipinski definition) is 4. The molecule has 31 heavy (non-hydrogen) atoms. The lowest BCUT2D eigenvalue weighted by atomic mass is 10.1. The van der Waals surface area contributed by atoms with Crippen molar-refractivity contribution in [3.63, 3.8) is 0 Å². The van der Waals surface area contributed by atoms with E-state index in [4.69, 9.17) is 0 Å². The minimum absolute atomic E-state index is 0.0134. The van der Waals surface area contributed by atoms with Gasteiger partial charge in [0.1, 0.15) is 10.7 Å². The summed E-state index contributed by atoms with van der Waals surface area (Å²) in [4.78, 5) is 13.8. The molecule has 0 unspecified atom stereocenters. The number of piperazine rings is 1. The van der Waals surface area contributed by atoms with E-state index in [9.17, 15) is 30.8 Å². The van der Waals surface area contributed by atoms with Crippen LogP contribution in [0.4, 0.5) is 17.6 Å². The number of amides is 1. The van der Waals surface area contributed by atoms with Crippen LogP contribution in [-0.2, 0) is 10.0 Å². The van der Waals surface area contributed by atoms with Gasteiger partial charge in [-0.2, -0.15) is 4.31 Å². The van der Waals surface area contributed by atoms with E-state index >= 15 is 0 Å². The number of fused-ring (bicyclic) bond motifs is 1. The predicted octanol–water partition coefficient (Wildman–Crippen LogP) is 3.91. The molecule has 164 valence electrons. The number of aryl methyl sites for hydroxylation is 1. The fraction of sp³-hybridized carbons (Fsp3) is 0.250. The molecule has 1 amide bonds. The maximum Gasteiger partial charge on any atom is 0.264 e. The summed E-state index contributed by atoms with van der Waals surface area (Å²) in [5, 5.41) is 0.380. The Balaban J connectivity index is 1.54. The molecule has 1 saturated heterocycles. The van der Waals surface area contributed by atoms with E-state index in [1.54, 1.807) is 19.1 Å². The largest absolute Gasteiger partial charge is 0.335 e. The monoisotopic (exact) mass is 472 g/mol. The number of carbonyl (C=O) groups excluding carboxylic acids is 1. The van der Waals surface area contributed by atoms with Crippen LogP contribution in [0.5, 0.6) is 0 Å². The highest BCUT2D eigenvalue weighted by atomic mass is 32.2. The standard InChI is InChI=1S/C20H16F4N2O3S2/c1-11-16-12(21)3-2-4-14(16)30-19(11)20(27)25-7-9-26(10-8-25)31(28,29)15-6-5-13(22)17(23)18(15)24/h2-6H,7-10H2,1H3. The highest BCUT2D eigenvalue weighted by Crippen LogP contribution is 2.33. The number of sulfonamides is 1. The molecule has 0 radical (unpaired) electrons. The van der Waals surface area contributed by atoms with Crippen LogP contribution in [0.3, 0.4) is 0 Å². The number of rotatable bonds is 3. The Bertz CT molecular complexity index is 1300. The third-order valence-corrected chi connectivity index (χ3v) is 8.40. The molecule has 0 aliphatic carbocycles. The van der Waals surface area contributed by atoms with Gasteiger partial charge in [0.2, 0.25) is 10.0 Å². The maximum atomic E-state index is 14.1. The molecule has 2 aromatic carbocycles. The zero-order valence-electron chi connectivity index (χ0n) is 16.2. The minimum atomic E-state index is -4.41. The van der Waals surface area contributed by atoms with Gasteiger partial charge in [0.25, 0.3) is 5.91 Å². The summed E-state index contributed by atoms with van der Waals surface area (Å²) in [5.74, 6) is -5.89. The molecule has 0 N–H and O–H groups in total. The fourth-order valence-electron chi connectivity index (χ4n) is 3.58. The van der Waals surface area contributed by atoms with Gasteiger partial charge in [-0.25, -0.2) is 26.0 Å². The summed E-state index contributed by atoms with van der Waals surface area (Å²) in [6, 6.07) is 5.82. The molecule has 11 heteroatoms. The van der Waals surface area contributed by atoms with Crippen molar-refractivity contribution in [2.75, 3.05) is 26.2 Å². The molecular formula is C20H16F4N2O3S2. The lowest BCUT2D eigenvalue weighted by molar-refractivity contribution is 0.0702. The molecule has 5 nitrogen and oxygen atoms in total. The topological polar surface area (TPSA) is 57.7 Å². The summed E-state index contributed by atoms with van der Waals surface area (Å²) >= 11 is 1.16. The second kappa shape index (κ2) is 7.88. The maximum absolute atomic E-state index is 14.1. The van der Waals surface area contributed by atoms with Crippen LogP contribution in [0.15, 0.2) is 35.2 Å². The van der Waals surface area contributed by atoms with E-state index in [0.717, 1.165) is 15.6 Å². The van der Waals surface area contributed by atoms with E-state index in [2.05, 4.69) is 0 Å². The Labute approximate surface area is 179 Å². The second-order valence-electron chi connectivity index (χ2n) is 7.04. The minimum Gasteiger partial charge on any atom is -0.335 e. The average Bonchev–Trinajstić information content (AvgIpc) is 3.09. The average molecular weight is 472 g/mol. The lowest BCUT2D eigenvalue weighted by Crippen LogP contribution is -2.50. The van der Waals surface area contributed by atoms with Crippen LogP contribution in [0.1, 0.15) is 15.2 Å². The Morgan fingerprint density at radius 2 is 1.61 bits per heavy atom. The molecule has 3 aromatic rings. The van der Waals surface area contributed by atoms with Crippen LogP contribution in [0, 0.1) is 30.2 Å². The fourth-order valence-corrected chi connectivity index (χ4v) is 6.25. The van der Waals surface area contributed by atoms with Gasteiger partial charge in [-0.3, -0.25) is 4.79 Å². The molecule has 0 atom stereocenters. The Morgan fingerprint density at radius 1 is 0.935 bits per heavy atom. The van der Waals surface area contributed by atoms with E-state index in [-0.39, 0.29) is 32.1 Å². The third kappa shape index (κ3) is 3.60. The molecule has 1 fully saturated rings. The number of benzene rings is 2. The number of nitrogens with zero attached hydrogens (tertiary/aromatic N) is 2. The molecule has 0 spiro atoms. The first-order valence-corrected chi connectivity index (χ1v) is 11.5. The van der Waals surface area contributed by atoms with E-state index in [0.29, 0.717) is 32.7 Å². The zero-order valence-corrected chi connectivity index (χ0v) is 17.8. The normalized spacial score (nSPS) is 15.6. The third-order valence-electron chi connectivity index (χ3n) is 5.24. The first kappa shape index (κ1) is 21.7. The SMILES string of the molecule is Cc1c(C(=O)N2CCN(S(=O)(=O)c3ccc(F)c(F)c3F)CC2)sc2cccc(F)c12. The van der Waals surface area contributed by atoms with Crippen molar-refractivity contribution < 1.29 is 30.8 Å². The first-order valence-electron chi connectivity index (χ1n) is 9.23. The number of halogens is 4. The van der Waals surface area contributed by atoms with Crippen molar-refractivity contribution in [2.24, 2.45) is 0 Å². The summed E-state index contributed by atoms with van der Waals surface area (Å²) < 4.78 is 81.7. The van der Waals surface area contributed by atoms with Gasteiger partial charge >= 0.3 is 0 Å². The molecule has 0 bridgehead atoms. The zero-order chi connectivity index (χ0) is 22.5. The van der Waals surface area contributed by atoms with E-state index in [1.807, 2.05) is 0 Å². The van der Waals surface area contributed by atoms with E-state index < -0.39 is 38.2 Å². The first-order chi connectivity index (χ1) is 14.6. The van der Waals surface area contributed by atoms with Crippen molar-refractivity contribution in [2.45, 2.75) is 11.8 Å². The van der Waals surface area contributed by atoms with Crippen molar-refractivity contribution in [3.05, 3.63) is 64.0 Å². The van der Waals surface area contributed by atoms with Gasteiger partial charge in [-0.05, 0) is 36.8 Å². The van der Waals surface area contributed by atoms with E-state index in [1.165, 1.54) is 11.0 Å². The number of carbonyl (C=O) groups is 1. The highest BCUT2D eigenvalue weighted by Gasteiger charge is 2.34. The molecule has 1 aliphatic heterocycles. The van der Waals surface area contributed by atoms with Crippen LogP contribution < -0.4 is 0 Å². The molecule has 2 heterocycles. The smallest absolute Gasteiger partial charge is 0.264 e. The van der Waals surface area contributed by atoms with Crippen molar-refractivity contribution in [1.29, 1.82) is 0 Å². The Hall–Kier alpha value is -2.50. The number of thiophene rings is 1. The summed E-state index contributed by atoms with van der Waals surface area (Å²) in [6.07, 6.45) is 0. The summed E-state index contributed by atoms with van der Waals surface area (Å²) in [5.41, 5.74) is 0.516. The second-order valence-corrected chi connectivity index (χ2v) is 10.00. The lowest BCUT2D eigenvalue weighted by Gasteiger charge is -2.34. The van der Waals surface area contributed by atoms with Crippen molar-refractivity contribution in [3.8, 4) is 0 Å². The quantitative estimate of drug-likeness (QED) is 0.429. The van der Waals surface area contributed by atoms with Crippen LogP contribution in [0.25, 0.3) is 10.1 Å². The molecule has 0 saturated carbocycles. The van der Waals surface area contributed by atoms with Crippen LogP contribution in [-0.4, -0.2) is 49.7 Å².